The quantitative estimate of drug-likeness (QED) is 0.153. The molecule has 0 aliphatic heterocycles. The molecule has 4 aromatic rings. The minimum atomic E-state index is -0.0866. The van der Waals surface area contributed by atoms with Gasteiger partial charge in [0, 0.05) is 42.3 Å². The first-order chi connectivity index (χ1) is 20.5. The van der Waals surface area contributed by atoms with Crippen molar-refractivity contribution in [3.05, 3.63) is 101 Å². The topological polar surface area (TPSA) is 65.6 Å². The Labute approximate surface area is 250 Å². The van der Waals surface area contributed by atoms with Crippen LogP contribution in [0.2, 0.25) is 0 Å². The third-order valence-corrected chi connectivity index (χ3v) is 7.70. The van der Waals surface area contributed by atoms with Crippen LogP contribution < -0.4 is 4.74 Å². The van der Waals surface area contributed by atoms with E-state index < -0.39 is 0 Å². The van der Waals surface area contributed by atoms with Gasteiger partial charge in [-0.1, -0.05) is 69.2 Å². The van der Waals surface area contributed by atoms with E-state index in [0.29, 0.717) is 31.8 Å². The minimum Gasteiger partial charge on any atom is -0.494 e. The van der Waals surface area contributed by atoms with Gasteiger partial charge >= 0.3 is 0 Å². The van der Waals surface area contributed by atoms with Gasteiger partial charge in [-0.15, -0.1) is 0 Å². The van der Waals surface area contributed by atoms with E-state index in [1.54, 1.807) is 4.90 Å². The Morgan fingerprint density at radius 3 is 2.19 bits per heavy atom. The van der Waals surface area contributed by atoms with Crippen LogP contribution in [-0.4, -0.2) is 52.8 Å². The molecule has 4 rings (SSSR count). The van der Waals surface area contributed by atoms with E-state index in [4.69, 9.17) is 4.74 Å². The summed E-state index contributed by atoms with van der Waals surface area (Å²) < 4.78 is 5.61. The Kier molecular flexibility index (Phi) is 11.6. The zero-order valence-electron chi connectivity index (χ0n) is 25.4. The van der Waals surface area contributed by atoms with E-state index in [0.717, 1.165) is 55.4 Å². The zero-order chi connectivity index (χ0) is 29.7. The lowest BCUT2D eigenvalue weighted by atomic mass is 10.1. The van der Waals surface area contributed by atoms with Gasteiger partial charge in [0.25, 0.3) is 5.91 Å². The molecule has 6 heteroatoms. The maximum Gasteiger partial charge on any atom is 0.254 e. The lowest BCUT2D eigenvalue weighted by Gasteiger charge is -2.28. The van der Waals surface area contributed by atoms with Gasteiger partial charge in [0.1, 0.15) is 12.3 Å². The average molecular weight is 568 g/mol. The Balaban J connectivity index is 1.52. The molecule has 1 aromatic heterocycles. The first-order valence-electron chi connectivity index (χ1n) is 15.4. The fourth-order valence-corrected chi connectivity index (χ4v) is 5.21. The largest absolute Gasteiger partial charge is 0.494 e. The van der Waals surface area contributed by atoms with Crippen molar-refractivity contribution in [2.24, 2.45) is 0 Å². The molecule has 0 aliphatic rings. The number of hydrogen-bond acceptors (Lipinski definition) is 3. The highest BCUT2D eigenvalue weighted by Crippen LogP contribution is 2.20. The summed E-state index contributed by atoms with van der Waals surface area (Å²) in [5, 5.41) is 1.17. The van der Waals surface area contributed by atoms with E-state index in [-0.39, 0.29) is 18.4 Å². The van der Waals surface area contributed by atoms with Gasteiger partial charge < -0.3 is 19.5 Å². The van der Waals surface area contributed by atoms with E-state index in [1.165, 1.54) is 16.5 Å². The number of nitrogens with zero attached hydrogens (tertiary/aromatic N) is 2. The number of amides is 2. The monoisotopic (exact) mass is 567 g/mol. The van der Waals surface area contributed by atoms with Crippen LogP contribution in [0.5, 0.6) is 5.75 Å². The SMILES string of the molecule is CCCCc1ccc(C(=O)N(CCCC)CC(=O)N(CCc2c[nH]c3ccccc23)Cc2ccc(OCC)cc2)cc1. The second-order valence-corrected chi connectivity index (χ2v) is 10.9. The summed E-state index contributed by atoms with van der Waals surface area (Å²) >= 11 is 0. The Morgan fingerprint density at radius 1 is 0.762 bits per heavy atom. The second-order valence-electron chi connectivity index (χ2n) is 10.9. The number of fused-ring (bicyclic) bond motifs is 1. The van der Waals surface area contributed by atoms with Crippen LogP contribution in [0.4, 0.5) is 0 Å². The van der Waals surface area contributed by atoms with Gasteiger partial charge in [0.05, 0.1) is 6.61 Å². The standard InChI is InChI=1S/C36H45N3O3/c1-4-7-11-28-14-18-30(19-15-28)36(41)39(23-8-5-2)27-35(40)38(26-29-16-20-32(21-17-29)42-6-3)24-22-31-25-37-34-13-10-9-12-33(31)34/h9-10,12-21,25,37H,4-8,11,22-24,26-27H2,1-3H3. The number of rotatable bonds is 16. The highest BCUT2D eigenvalue weighted by molar-refractivity contribution is 5.96. The summed E-state index contributed by atoms with van der Waals surface area (Å²) in [5.41, 5.74) is 5.17. The molecule has 0 atom stereocenters. The summed E-state index contributed by atoms with van der Waals surface area (Å²) in [6.07, 6.45) is 7.83. The van der Waals surface area contributed by atoms with Gasteiger partial charge in [-0.05, 0) is 79.6 Å². The maximum atomic E-state index is 13.9. The number of hydrogen-bond donors (Lipinski definition) is 1. The molecule has 0 saturated carbocycles. The number of nitrogens with one attached hydrogen (secondary N) is 1. The molecular weight excluding hydrogens is 522 g/mol. The van der Waals surface area contributed by atoms with E-state index in [2.05, 4.69) is 31.0 Å². The number of aromatic nitrogens is 1. The summed E-state index contributed by atoms with van der Waals surface area (Å²) in [5.74, 6) is 0.680. The third-order valence-electron chi connectivity index (χ3n) is 7.70. The summed E-state index contributed by atoms with van der Waals surface area (Å²) in [6.45, 7) is 8.49. The Hall–Kier alpha value is -4.06. The molecule has 0 aliphatic carbocycles. The minimum absolute atomic E-state index is 0.0484. The number of carbonyl (C=O) groups is 2. The number of carbonyl (C=O) groups excluding carboxylic acids is 2. The number of aryl methyl sites for hydroxylation is 1. The Bertz CT molecular complexity index is 1410. The van der Waals surface area contributed by atoms with Crippen LogP contribution in [0.3, 0.4) is 0 Å². The molecule has 0 spiro atoms. The van der Waals surface area contributed by atoms with Crippen LogP contribution in [-0.2, 0) is 24.2 Å². The van der Waals surface area contributed by atoms with Crippen molar-refractivity contribution in [3.63, 3.8) is 0 Å². The van der Waals surface area contributed by atoms with Crippen molar-refractivity contribution < 1.29 is 14.3 Å². The normalized spacial score (nSPS) is 11.0. The van der Waals surface area contributed by atoms with Crippen molar-refractivity contribution in [1.82, 2.24) is 14.8 Å². The van der Waals surface area contributed by atoms with Crippen LogP contribution in [0.1, 0.15) is 73.5 Å². The van der Waals surface area contributed by atoms with Gasteiger partial charge in [-0.3, -0.25) is 9.59 Å². The lowest BCUT2D eigenvalue weighted by Crippen LogP contribution is -2.43. The van der Waals surface area contributed by atoms with Crippen molar-refractivity contribution in [2.45, 2.75) is 65.8 Å². The van der Waals surface area contributed by atoms with Crippen molar-refractivity contribution in [1.29, 1.82) is 0 Å². The smallest absolute Gasteiger partial charge is 0.254 e. The number of para-hydroxylation sites is 1. The third kappa shape index (κ3) is 8.48. The first kappa shape index (κ1) is 30.9. The number of H-pyrrole nitrogens is 1. The summed E-state index contributed by atoms with van der Waals surface area (Å²) in [4.78, 5) is 34.5. The van der Waals surface area contributed by atoms with Crippen molar-refractivity contribution >= 4 is 22.7 Å². The molecule has 2 amide bonds. The number of aromatic amines is 1. The number of benzene rings is 3. The fraction of sp³-hybridized carbons (Fsp3) is 0.389. The van der Waals surface area contributed by atoms with Crippen molar-refractivity contribution in [3.8, 4) is 5.75 Å². The molecule has 6 nitrogen and oxygen atoms in total. The van der Waals surface area contributed by atoms with E-state index >= 15 is 0 Å². The molecule has 0 bridgehead atoms. The lowest BCUT2D eigenvalue weighted by molar-refractivity contribution is -0.132. The van der Waals surface area contributed by atoms with E-state index in [1.807, 2.05) is 78.7 Å². The highest BCUT2D eigenvalue weighted by atomic mass is 16.5. The molecule has 42 heavy (non-hydrogen) atoms. The fourth-order valence-electron chi connectivity index (χ4n) is 5.21. The predicted octanol–water partition coefficient (Wildman–Crippen LogP) is 7.42. The molecule has 0 fully saturated rings. The van der Waals surface area contributed by atoms with Gasteiger partial charge in [0.15, 0.2) is 0 Å². The molecular formula is C36H45N3O3. The molecule has 1 heterocycles. The highest BCUT2D eigenvalue weighted by Gasteiger charge is 2.23. The Morgan fingerprint density at radius 2 is 1.48 bits per heavy atom. The van der Waals surface area contributed by atoms with Gasteiger partial charge in [-0.2, -0.15) is 0 Å². The second kappa shape index (κ2) is 15.8. The molecule has 0 radical (unpaired) electrons. The number of ether oxygens (including phenoxy) is 1. The average Bonchev–Trinajstić information content (AvgIpc) is 3.44. The zero-order valence-corrected chi connectivity index (χ0v) is 25.4. The van der Waals surface area contributed by atoms with E-state index in [9.17, 15) is 9.59 Å². The van der Waals surface area contributed by atoms with Crippen molar-refractivity contribution in [2.75, 3.05) is 26.2 Å². The van der Waals surface area contributed by atoms with Gasteiger partial charge in [0.2, 0.25) is 5.91 Å². The predicted molar refractivity (Wildman–Crippen MR) is 171 cm³/mol. The molecule has 222 valence electrons. The summed E-state index contributed by atoms with van der Waals surface area (Å²) in [6, 6.07) is 24.1. The number of unbranched alkanes of at least 4 members (excludes halogenated alkanes) is 2. The van der Waals surface area contributed by atoms with Crippen LogP contribution >= 0.6 is 0 Å². The maximum absolute atomic E-state index is 13.9. The van der Waals surface area contributed by atoms with Crippen LogP contribution in [0.15, 0.2) is 79.0 Å². The molecule has 1 N–H and O–H groups in total. The molecule has 0 unspecified atom stereocenters. The van der Waals surface area contributed by atoms with Crippen LogP contribution in [0, 0.1) is 0 Å². The first-order valence-corrected chi connectivity index (χ1v) is 15.4. The van der Waals surface area contributed by atoms with Crippen LogP contribution in [0.25, 0.3) is 10.9 Å². The molecule has 0 saturated heterocycles. The molecule has 3 aromatic carbocycles. The summed E-state index contributed by atoms with van der Waals surface area (Å²) in [7, 11) is 0. The van der Waals surface area contributed by atoms with Gasteiger partial charge in [-0.25, -0.2) is 0 Å².